The van der Waals surface area contributed by atoms with E-state index in [0.29, 0.717) is 18.1 Å². The van der Waals surface area contributed by atoms with E-state index in [1.807, 2.05) is 0 Å². The zero-order chi connectivity index (χ0) is 13.6. The third-order valence-corrected chi connectivity index (χ3v) is 2.98. The summed E-state index contributed by atoms with van der Waals surface area (Å²) in [5.74, 6) is 0.322. The van der Waals surface area contributed by atoms with E-state index in [-0.39, 0.29) is 17.9 Å². The number of nitrogens with one attached hydrogen (secondary N) is 1. The summed E-state index contributed by atoms with van der Waals surface area (Å²) in [6, 6.07) is 0. The predicted molar refractivity (Wildman–Crippen MR) is 59.8 cm³/mol. The van der Waals surface area contributed by atoms with Crippen LogP contribution in [0.3, 0.4) is 0 Å². The van der Waals surface area contributed by atoms with Crippen molar-refractivity contribution in [3.8, 4) is 11.6 Å². The maximum atomic E-state index is 13.0. The Morgan fingerprint density at radius 3 is 2.68 bits per heavy atom. The van der Waals surface area contributed by atoms with Gasteiger partial charge in [0.2, 0.25) is 0 Å². The van der Waals surface area contributed by atoms with Crippen LogP contribution in [0.4, 0.5) is 13.2 Å². The van der Waals surface area contributed by atoms with Gasteiger partial charge in [0.15, 0.2) is 17.3 Å². The van der Waals surface area contributed by atoms with Crippen molar-refractivity contribution in [3.05, 3.63) is 29.3 Å². The second-order valence-corrected chi connectivity index (χ2v) is 4.28. The van der Waals surface area contributed by atoms with Gasteiger partial charge < -0.3 is 9.88 Å². The number of rotatable bonds is 1. The van der Waals surface area contributed by atoms with Gasteiger partial charge in [-0.15, -0.1) is 0 Å². The molecule has 0 unspecified atom stereocenters. The van der Waals surface area contributed by atoms with Gasteiger partial charge >= 0.3 is 6.18 Å². The lowest BCUT2D eigenvalue weighted by Gasteiger charge is -2.12. The highest BCUT2D eigenvalue weighted by molar-refractivity contribution is 5.47. The Kier molecular flexibility index (Phi) is 2.56. The maximum absolute atomic E-state index is 13.0. The van der Waals surface area contributed by atoms with Gasteiger partial charge in [-0.05, 0) is 0 Å². The molecule has 3 rings (SSSR count). The van der Waals surface area contributed by atoms with Crippen LogP contribution in [-0.4, -0.2) is 19.5 Å². The second-order valence-electron chi connectivity index (χ2n) is 4.28. The zero-order valence-electron chi connectivity index (χ0n) is 9.99. The monoisotopic (exact) mass is 269 g/mol. The third kappa shape index (κ3) is 1.97. The predicted octanol–water partition coefficient (Wildman–Crippen LogP) is 1.50. The van der Waals surface area contributed by atoms with E-state index in [1.54, 1.807) is 17.8 Å². The molecule has 1 aliphatic rings. The minimum atomic E-state index is -4.49. The smallest absolute Gasteiger partial charge is 0.331 e. The first-order valence-corrected chi connectivity index (χ1v) is 5.62. The fourth-order valence-corrected chi connectivity index (χ4v) is 2.08. The number of hydrogen-bond donors (Lipinski definition) is 1. The van der Waals surface area contributed by atoms with Gasteiger partial charge in [0.05, 0.1) is 5.69 Å². The highest BCUT2D eigenvalue weighted by Gasteiger charge is 2.38. The quantitative estimate of drug-likeness (QED) is 0.852. The van der Waals surface area contributed by atoms with Crippen molar-refractivity contribution in [2.24, 2.45) is 7.05 Å². The number of aromatic nitrogens is 4. The molecular formula is C11H10F3N5. The number of imidazole rings is 1. The number of fused-ring (bicyclic) bond motifs is 1. The van der Waals surface area contributed by atoms with Crippen LogP contribution in [0, 0.1) is 0 Å². The number of aryl methyl sites for hydroxylation is 1. The summed E-state index contributed by atoms with van der Waals surface area (Å²) < 4.78 is 40.6. The highest BCUT2D eigenvalue weighted by atomic mass is 19.4. The molecule has 0 aliphatic carbocycles. The van der Waals surface area contributed by atoms with E-state index in [2.05, 4.69) is 20.3 Å². The van der Waals surface area contributed by atoms with Gasteiger partial charge in [-0.2, -0.15) is 13.2 Å². The van der Waals surface area contributed by atoms with Crippen LogP contribution in [0.25, 0.3) is 11.6 Å². The maximum Gasteiger partial charge on any atom is 0.433 e. The first-order chi connectivity index (χ1) is 8.97. The summed E-state index contributed by atoms with van der Waals surface area (Å²) in [6.45, 7) is 0.462. The van der Waals surface area contributed by atoms with Crippen molar-refractivity contribution in [3.63, 3.8) is 0 Å². The molecule has 2 aromatic rings. The Balaban J connectivity index is 2.21. The topological polar surface area (TPSA) is 55.6 Å². The van der Waals surface area contributed by atoms with Gasteiger partial charge in [0.1, 0.15) is 0 Å². The fourth-order valence-electron chi connectivity index (χ4n) is 2.08. The van der Waals surface area contributed by atoms with E-state index >= 15 is 0 Å². The Labute approximate surface area is 106 Å². The molecule has 3 heterocycles. The summed E-state index contributed by atoms with van der Waals surface area (Å²) in [4.78, 5) is 11.8. The Morgan fingerprint density at radius 1 is 1.26 bits per heavy atom. The van der Waals surface area contributed by atoms with Crippen LogP contribution in [0.15, 0.2) is 12.4 Å². The standard InChI is InChI=1S/C11H10F3N5/c1-19-3-2-16-10(19)9-17-7-5-15-4-6(7)8(18-9)11(12,13)14/h2-3,15H,4-5H2,1H3. The summed E-state index contributed by atoms with van der Waals surface area (Å²) in [5, 5.41) is 2.86. The molecule has 5 nitrogen and oxygen atoms in total. The molecule has 0 spiro atoms. The number of nitrogens with zero attached hydrogens (tertiary/aromatic N) is 4. The first kappa shape index (κ1) is 12.1. The Bertz CT molecular complexity index is 632. The number of hydrogen-bond acceptors (Lipinski definition) is 4. The van der Waals surface area contributed by atoms with Gasteiger partial charge in [0, 0.05) is 38.1 Å². The molecule has 0 aromatic carbocycles. The van der Waals surface area contributed by atoms with Gasteiger partial charge in [-0.1, -0.05) is 0 Å². The number of alkyl halides is 3. The molecule has 0 radical (unpaired) electrons. The van der Waals surface area contributed by atoms with Gasteiger partial charge in [0.25, 0.3) is 0 Å². The fraction of sp³-hybridized carbons (Fsp3) is 0.364. The van der Waals surface area contributed by atoms with Gasteiger partial charge in [-0.25, -0.2) is 15.0 Å². The van der Waals surface area contributed by atoms with E-state index in [9.17, 15) is 13.2 Å². The molecule has 0 saturated carbocycles. The van der Waals surface area contributed by atoms with Crippen LogP contribution in [0.1, 0.15) is 17.0 Å². The summed E-state index contributed by atoms with van der Waals surface area (Å²) in [5.41, 5.74) is -0.355. The number of halogens is 3. The molecule has 0 bridgehead atoms. The lowest BCUT2D eigenvalue weighted by atomic mass is 10.2. The van der Waals surface area contributed by atoms with E-state index < -0.39 is 11.9 Å². The van der Waals surface area contributed by atoms with Crippen molar-refractivity contribution in [1.82, 2.24) is 24.8 Å². The average Bonchev–Trinajstić information content (AvgIpc) is 2.94. The van der Waals surface area contributed by atoms with Crippen LogP contribution in [-0.2, 0) is 26.3 Å². The summed E-state index contributed by atoms with van der Waals surface area (Å²) >= 11 is 0. The van der Waals surface area contributed by atoms with Crippen LogP contribution in [0.5, 0.6) is 0 Å². The van der Waals surface area contributed by atoms with E-state index in [4.69, 9.17) is 0 Å². The molecule has 0 amide bonds. The molecule has 8 heteroatoms. The highest BCUT2D eigenvalue weighted by Crippen LogP contribution is 2.34. The normalized spacial score (nSPS) is 14.7. The molecule has 1 aliphatic heterocycles. The van der Waals surface area contributed by atoms with Crippen molar-refractivity contribution in [2.75, 3.05) is 0 Å². The molecule has 100 valence electrons. The molecule has 19 heavy (non-hydrogen) atoms. The van der Waals surface area contributed by atoms with Crippen LogP contribution < -0.4 is 5.32 Å². The average molecular weight is 269 g/mol. The molecular weight excluding hydrogens is 259 g/mol. The molecule has 2 aromatic heterocycles. The lowest BCUT2D eigenvalue weighted by molar-refractivity contribution is -0.141. The Morgan fingerprint density at radius 2 is 2.05 bits per heavy atom. The van der Waals surface area contributed by atoms with E-state index in [0.717, 1.165) is 0 Å². The van der Waals surface area contributed by atoms with Crippen LogP contribution >= 0.6 is 0 Å². The zero-order valence-corrected chi connectivity index (χ0v) is 9.99. The second kappa shape index (κ2) is 4.02. The third-order valence-electron chi connectivity index (χ3n) is 2.98. The van der Waals surface area contributed by atoms with Crippen LogP contribution in [0.2, 0.25) is 0 Å². The molecule has 1 N–H and O–H groups in total. The summed E-state index contributed by atoms with van der Waals surface area (Å²) in [6.07, 6.45) is -1.35. The molecule has 0 fully saturated rings. The molecule has 0 atom stereocenters. The minimum Gasteiger partial charge on any atom is -0.331 e. The van der Waals surface area contributed by atoms with Crippen molar-refractivity contribution < 1.29 is 13.2 Å². The van der Waals surface area contributed by atoms with Crippen molar-refractivity contribution in [1.29, 1.82) is 0 Å². The lowest BCUT2D eigenvalue weighted by Crippen LogP contribution is -2.15. The SMILES string of the molecule is Cn1ccnc1-c1nc2c(c(C(F)(F)F)n1)CNC2. The summed E-state index contributed by atoms with van der Waals surface area (Å²) in [7, 11) is 1.68. The molecule has 0 saturated heterocycles. The first-order valence-electron chi connectivity index (χ1n) is 5.62. The van der Waals surface area contributed by atoms with E-state index in [1.165, 1.54) is 6.20 Å². The van der Waals surface area contributed by atoms with Crippen molar-refractivity contribution in [2.45, 2.75) is 19.3 Å². The Hall–Kier alpha value is -1.96. The van der Waals surface area contributed by atoms with Crippen molar-refractivity contribution >= 4 is 0 Å². The minimum absolute atomic E-state index is 0.00211. The largest absolute Gasteiger partial charge is 0.433 e. The van der Waals surface area contributed by atoms with Gasteiger partial charge in [-0.3, -0.25) is 0 Å².